The third-order valence-corrected chi connectivity index (χ3v) is 9.69. The fourth-order valence-electron chi connectivity index (χ4n) is 5.22. The molecule has 1 fully saturated rings. The Balaban J connectivity index is 1.21. The molecule has 1 saturated heterocycles. The average Bonchev–Trinajstić information content (AvgIpc) is 3.41. The van der Waals surface area contributed by atoms with Crippen LogP contribution in [0.2, 0.25) is 5.02 Å². The maximum Gasteiger partial charge on any atom is 0.258 e. The number of anilines is 2. The lowest BCUT2D eigenvalue weighted by molar-refractivity contribution is -0.120. The Morgan fingerprint density at radius 1 is 1.00 bits per heavy atom. The summed E-state index contributed by atoms with van der Waals surface area (Å²) >= 11 is 6.21. The Bertz CT molecular complexity index is 1550. The first-order valence-electron chi connectivity index (χ1n) is 13.5. The number of piperidine rings is 1. The molecule has 0 bridgehead atoms. The minimum Gasteiger partial charge on any atom is -0.497 e. The summed E-state index contributed by atoms with van der Waals surface area (Å²) in [6, 6.07) is 17.0. The Morgan fingerprint density at radius 3 is 2.39 bits per heavy atom. The SMILES string of the molecule is CCOc1ccc(S(=O)(=O)N2CCC(C(=O)Nc3ccc4c(c3)N(C(=O)c3ccc(OC)cc3)CC4)CC2)cc1Cl. The van der Waals surface area contributed by atoms with Crippen molar-refractivity contribution < 1.29 is 27.5 Å². The van der Waals surface area contributed by atoms with Gasteiger partial charge in [-0.15, -0.1) is 0 Å². The van der Waals surface area contributed by atoms with Gasteiger partial charge in [0, 0.05) is 42.5 Å². The van der Waals surface area contributed by atoms with E-state index in [1.807, 2.05) is 25.1 Å². The smallest absolute Gasteiger partial charge is 0.258 e. The Labute approximate surface area is 245 Å². The van der Waals surface area contributed by atoms with E-state index in [2.05, 4.69) is 5.32 Å². The molecule has 0 aliphatic carbocycles. The fourth-order valence-corrected chi connectivity index (χ4v) is 7.02. The van der Waals surface area contributed by atoms with Gasteiger partial charge in [0.1, 0.15) is 11.5 Å². The Morgan fingerprint density at radius 2 is 1.73 bits per heavy atom. The minimum atomic E-state index is -3.76. The monoisotopic (exact) mass is 597 g/mol. The van der Waals surface area contributed by atoms with E-state index in [1.165, 1.54) is 16.4 Å². The van der Waals surface area contributed by atoms with Crippen molar-refractivity contribution in [2.75, 3.05) is 43.6 Å². The van der Waals surface area contributed by atoms with Crippen LogP contribution in [0.4, 0.5) is 11.4 Å². The van der Waals surface area contributed by atoms with Crippen molar-refractivity contribution in [1.82, 2.24) is 4.31 Å². The first-order chi connectivity index (χ1) is 19.7. The highest BCUT2D eigenvalue weighted by atomic mass is 35.5. The highest BCUT2D eigenvalue weighted by molar-refractivity contribution is 7.89. The van der Waals surface area contributed by atoms with Crippen LogP contribution in [0.5, 0.6) is 11.5 Å². The number of fused-ring (bicyclic) bond motifs is 1. The zero-order valence-electron chi connectivity index (χ0n) is 22.9. The van der Waals surface area contributed by atoms with Crippen molar-refractivity contribution in [3.8, 4) is 11.5 Å². The number of rotatable bonds is 8. The number of carbonyl (C=O) groups is 2. The topological polar surface area (TPSA) is 105 Å². The maximum atomic E-state index is 13.2. The van der Waals surface area contributed by atoms with Crippen LogP contribution in [0.1, 0.15) is 35.7 Å². The Kier molecular flexibility index (Phi) is 8.53. The summed E-state index contributed by atoms with van der Waals surface area (Å²) in [5, 5.41) is 3.21. The van der Waals surface area contributed by atoms with Crippen LogP contribution in [-0.4, -0.2) is 57.9 Å². The highest BCUT2D eigenvalue weighted by Gasteiger charge is 2.33. The van der Waals surface area contributed by atoms with Gasteiger partial charge in [-0.05, 0) is 86.3 Å². The van der Waals surface area contributed by atoms with Gasteiger partial charge < -0.3 is 19.7 Å². The van der Waals surface area contributed by atoms with Gasteiger partial charge in [-0.25, -0.2) is 8.42 Å². The second-order valence-electron chi connectivity index (χ2n) is 9.97. The van der Waals surface area contributed by atoms with E-state index in [9.17, 15) is 18.0 Å². The summed E-state index contributed by atoms with van der Waals surface area (Å²) in [4.78, 5) is 28.2. The van der Waals surface area contributed by atoms with E-state index in [1.54, 1.807) is 42.3 Å². The lowest BCUT2D eigenvalue weighted by atomic mass is 9.97. The summed E-state index contributed by atoms with van der Waals surface area (Å²) in [5.74, 6) is 0.491. The average molecular weight is 598 g/mol. The number of benzene rings is 3. The number of nitrogens with zero attached hydrogens (tertiary/aromatic N) is 2. The molecule has 2 aliphatic rings. The maximum absolute atomic E-state index is 13.2. The molecule has 0 aromatic heterocycles. The summed E-state index contributed by atoms with van der Waals surface area (Å²) in [7, 11) is -2.18. The van der Waals surface area contributed by atoms with Crippen LogP contribution in [-0.2, 0) is 21.2 Å². The van der Waals surface area contributed by atoms with Crippen LogP contribution in [0.3, 0.4) is 0 Å². The van der Waals surface area contributed by atoms with E-state index in [4.69, 9.17) is 21.1 Å². The van der Waals surface area contributed by atoms with Crippen molar-refractivity contribution in [3.63, 3.8) is 0 Å². The molecule has 0 radical (unpaired) electrons. The molecule has 3 aromatic rings. The summed E-state index contributed by atoms with van der Waals surface area (Å²) in [6.07, 6.45) is 1.52. The summed E-state index contributed by atoms with van der Waals surface area (Å²) < 4.78 is 38.4. The lowest BCUT2D eigenvalue weighted by Crippen LogP contribution is -2.41. The van der Waals surface area contributed by atoms with Crippen molar-refractivity contribution in [2.24, 2.45) is 5.92 Å². The molecule has 41 heavy (non-hydrogen) atoms. The number of sulfonamides is 1. The molecule has 2 heterocycles. The van der Waals surface area contributed by atoms with E-state index < -0.39 is 10.0 Å². The standard InChI is InChI=1S/C30H32ClN3O6S/c1-3-40-28-11-10-25(19-26(28)31)41(37,38)33-15-12-21(13-16-33)29(35)32-23-7-4-20-14-17-34(27(20)18-23)30(36)22-5-8-24(39-2)9-6-22/h4-11,18-19,21H,3,12-17H2,1-2H3,(H,32,35). The number of hydrogen-bond donors (Lipinski definition) is 1. The molecule has 0 atom stereocenters. The molecule has 11 heteroatoms. The van der Waals surface area contributed by atoms with Gasteiger partial charge in [0.05, 0.1) is 23.6 Å². The lowest BCUT2D eigenvalue weighted by Gasteiger charge is -2.30. The molecule has 216 valence electrons. The zero-order valence-corrected chi connectivity index (χ0v) is 24.5. The Hall–Kier alpha value is -3.60. The number of halogens is 1. The molecule has 9 nitrogen and oxygen atoms in total. The minimum absolute atomic E-state index is 0.0979. The van der Waals surface area contributed by atoms with Gasteiger partial charge in [-0.2, -0.15) is 4.31 Å². The number of carbonyl (C=O) groups excluding carboxylic acids is 2. The third kappa shape index (κ3) is 6.05. The van der Waals surface area contributed by atoms with Gasteiger partial charge in [0.2, 0.25) is 15.9 Å². The predicted molar refractivity (Wildman–Crippen MR) is 158 cm³/mol. The van der Waals surface area contributed by atoms with Crippen LogP contribution in [0, 0.1) is 5.92 Å². The molecule has 0 unspecified atom stereocenters. The van der Waals surface area contributed by atoms with Crippen LogP contribution < -0.4 is 19.7 Å². The number of ether oxygens (including phenoxy) is 2. The van der Waals surface area contributed by atoms with Gasteiger partial charge in [-0.3, -0.25) is 9.59 Å². The zero-order chi connectivity index (χ0) is 29.1. The number of methoxy groups -OCH3 is 1. The molecule has 3 aromatic carbocycles. The first kappa shape index (κ1) is 28.9. The number of hydrogen-bond acceptors (Lipinski definition) is 6. The van der Waals surface area contributed by atoms with E-state index in [0.717, 1.165) is 17.7 Å². The normalized spacial score (nSPS) is 15.8. The molecule has 2 aliphatic heterocycles. The number of amides is 2. The fraction of sp³-hybridized carbons (Fsp3) is 0.333. The number of nitrogens with one attached hydrogen (secondary N) is 1. The second-order valence-corrected chi connectivity index (χ2v) is 12.3. The van der Waals surface area contributed by atoms with Gasteiger partial charge in [-0.1, -0.05) is 17.7 Å². The summed E-state index contributed by atoms with van der Waals surface area (Å²) in [5.41, 5.74) is 2.97. The molecule has 2 amide bonds. The molecule has 0 saturated carbocycles. The van der Waals surface area contributed by atoms with Gasteiger partial charge in [0.15, 0.2) is 0 Å². The van der Waals surface area contributed by atoms with Gasteiger partial charge >= 0.3 is 0 Å². The van der Waals surface area contributed by atoms with Crippen molar-refractivity contribution >= 4 is 44.8 Å². The highest BCUT2D eigenvalue weighted by Crippen LogP contribution is 2.34. The largest absolute Gasteiger partial charge is 0.497 e. The van der Waals surface area contributed by atoms with Crippen LogP contribution in [0.15, 0.2) is 65.6 Å². The summed E-state index contributed by atoms with van der Waals surface area (Å²) in [6.45, 7) is 3.25. The van der Waals surface area contributed by atoms with Gasteiger partial charge in [0.25, 0.3) is 5.91 Å². The van der Waals surface area contributed by atoms with E-state index in [0.29, 0.717) is 48.7 Å². The predicted octanol–water partition coefficient (Wildman–Crippen LogP) is 4.99. The van der Waals surface area contributed by atoms with Crippen LogP contribution >= 0.6 is 11.6 Å². The molecular weight excluding hydrogens is 566 g/mol. The van der Waals surface area contributed by atoms with Crippen molar-refractivity contribution in [1.29, 1.82) is 0 Å². The molecule has 0 spiro atoms. The first-order valence-corrected chi connectivity index (χ1v) is 15.3. The quantitative estimate of drug-likeness (QED) is 0.392. The second kappa shape index (κ2) is 12.1. The molecular formula is C30H32ClN3O6S. The van der Waals surface area contributed by atoms with E-state index >= 15 is 0 Å². The van der Waals surface area contributed by atoms with Crippen LogP contribution in [0.25, 0.3) is 0 Å². The molecule has 5 rings (SSSR count). The third-order valence-electron chi connectivity index (χ3n) is 7.50. The van der Waals surface area contributed by atoms with Crippen molar-refractivity contribution in [3.05, 3.63) is 76.8 Å². The van der Waals surface area contributed by atoms with Crippen molar-refractivity contribution in [2.45, 2.75) is 31.1 Å². The molecule has 1 N–H and O–H groups in total. The van der Waals surface area contributed by atoms with E-state index in [-0.39, 0.29) is 40.7 Å².